The van der Waals surface area contributed by atoms with Gasteiger partial charge in [-0.3, -0.25) is 9.59 Å². The lowest BCUT2D eigenvalue weighted by molar-refractivity contribution is -0.142. The van der Waals surface area contributed by atoms with Crippen LogP contribution >= 0.6 is 0 Å². The van der Waals surface area contributed by atoms with Crippen molar-refractivity contribution in [2.45, 2.75) is 139 Å². The number of aromatic nitrogens is 4. The molecule has 2 saturated carbocycles. The maximum atomic E-state index is 11.8. The third-order valence-corrected chi connectivity index (χ3v) is 12.7. The molecule has 2 atom stereocenters. The summed E-state index contributed by atoms with van der Waals surface area (Å²) < 4.78 is 45.0. The molecule has 0 unspecified atom stereocenters. The summed E-state index contributed by atoms with van der Waals surface area (Å²) in [7, 11) is -0.358. The lowest BCUT2D eigenvalue weighted by atomic mass is 9.84. The number of ether oxygens (including phenoxy) is 2. The van der Waals surface area contributed by atoms with Crippen molar-refractivity contribution in [2.24, 2.45) is 11.8 Å². The molecule has 2 aliphatic carbocycles. The molecule has 4 aliphatic rings. The van der Waals surface area contributed by atoms with Gasteiger partial charge in [0.15, 0.2) is 11.6 Å². The second-order valence-corrected chi connectivity index (χ2v) is 17.4. The van der Waals surface area contributed by atoms with E-state index in [0.717, 1.165) is 56.4 Å². The van der Waals surface area contributed by atoms with E-state index in [2.05, 4.69) is 25.6 Å². The predicted molar refractivity (Wildman–Crippen MR) is 193 cm³/mol. The lowest BCUT2D eigenvalue weighted by Gasteiger charge is -2.34. The van der Waals surface area contributed by atoms with Gasteiger partial charge in [0.05, 0.1) is 39.2 Å². The van der Waals surface area contributed by atoms with Gasteiger partial charge in [-0.05, 0) is 24.7 Å². The van der Waals surface area contributed by atoms with Gasteiger partial charge in [-0.25, -0.2) is 12.7 Å². The van der Waals surface area contributed by atoms with Crippen molar-refractivity contribution in [3.8, 4) is 0 Å². The summed E-state index contributed by atoms with van der Waals surface area (Å²) in [6.45, 7) is 2.56. The molecule has 2 saturated heterocycles. The van der Waals surface area contributed by atoms with Crippen molar-refractivity contribution < 1.29 is 36.5 Å². The van der Waals surface area contributed by atoms with Gasteiger partial charge in [-0.2, -0.15) is 9.97 Å². The summed E-state index contributed by atoms with van der Waals surface area (Å²) in [6.07, 6.45) is 21.5. The van der Waals surface area contributed by atoms with Crippen LogP contribution in [0.5, 0.6) is 0 Å². The molecule has 0 aromatic carbocycles. The summed E-state index contributed by atoms with van der Waals surface area (Å²) in [4.78, 5) is 32.6. The molecule has 15 heteroatoms. The molecule has 4 heterocycles. The minimum absolute atomic E-state index is 0.0182. The third-order valence-electron chi connectivity index (χ3n) is 11.5. The van der Waals surface area contributed by atoms with E-state index in [9.17, 15) is 18.0 Å². The fourth-order valence-corrected chi connectivity index (χ4v) is 8.85. The Labute approximate surface area is 309 Å². The van der Waals surface area contributed by atoms with Gasteiger partial charge in [0.25, 0.3) is 0 Å². The van der Waals surface area contributed by atoms with Crippen LogP contribution in [0.2, 0.25) is 0 Å². The smallest absolute Gasteiger partial charge is 0.306 e. The summed E-state index contributed by atoms with van der Waals surface area (Å²) in [5.74, 6) is 3.66. The molecule has 292 valence electrons. The molecule has 52 heavy (non-hydrogen) atoms. The molecule has 4 fully saturated rings. The lowest BCUT2D eigenvalue weighted by Crippen LogP contribution is -2.48. The molecule has 2 aromatic heterocycles. The number of carbonyl (C=O) groups is 2. The van der Waals surface area contributed by atoms with Crippen molar-refractivity contribution in [1.82, 2.24) is 29.9 Å². The molecule has 2 aliphatic heterocycles. The van der Waals surface area contributed by atoms with Gasteiger partial charge in [0.2, 0.25) is 21.8 Å². The van der Waals surface area contributed by atoms with Crippen LogP contribution in [0.25, 0.3) is 0 Å². The highest BCUT2D eigenvalue weighted by molar-refractivity contribution is 7.88. The zero-order chi connectivity index (χ0) is 36.9. The maximum absolute atomic E-state index is 11.8. The molecule has 0 bridgehead atoms. The minimum atomic E-state index is -3.17. The molecule has 2 aromatic rings. The van der Waals surface area contributed by atoms with E-state index in [1.807, 2.05) is 0 Å². The molecule has 0 spiro atoms. The SMILES string of the molecule is COC(=O)C[C@@H](CCCC1CCCCC1)c1nc(C2CN(S(C)(=O)=O)C2)no1.COC(=O)C[C@@H](CCCC1CCCCC1)c1nc(C2CNC2)no1. The van der Waals surface area contributed by atoms with Crippen LogP contribution in [-0.4, -0.2) is 91.6 Å². The Balaban J connectivity index is 0.000000203. The number of sulfonamides is 1. The quantitative estimate of drug-likeness (QED) is 0.187. The Hall–Kier alpha value is -2.91. The largest absolute Gasteiger partial charge is 0.469 e. The van der Waals surface area contributed by atoms with Crippen LogP contribution in [-0.2, 0) is 29.1 Å². The number of esters is 2. The fourth-order valence-electron chi connectivity index (χ4n) is 7.95. The highest BCUT2D eigenvalue weighted by atomic mass is 32.2. The van der Waals surface area contributed by atoms with E-state index in [0.29, 0.717) is 43.0 Å². The number of nitrogens with one attached hydrogen (secondary N) is 1. The van der Waals surface area contributed by atoms with Gasteiger partial charge in [-0.15, -0.1) is 0 Å². The van der Waals surface area contributed by atoms with Gasteiger partial charge in [0, 0.05) is 43.9 Å². The summed E-state index contributed by atoms with van der Waals surface area (Å²) in [5, 5.41) is 11.4. The highest BCUT2D eigenvalue weighted by Gasteiger charge is 2.38. The number of methoxy groups -OCH3 is 2. The van der Waals surface area contributed by atoms with Crippen LogP contribution in [0.15, 0.2) is 9.05 Å². The molecule has 14 nitrogen and oxygen atoms in total. The second-order valence-electron chi connectivity index (χ2n) is 15.4. The Morgan fingerprint density at radius 1 is 0.750 bits per heavy atom. The Morgan fingerprint density at radius 3 is 1.58 bits per heavy atom. The van der Waals surface area contributed by atoms with E-state index in [1.165, 1.54) is 102 Å². The average Bonchev–Trinajstić information content (AvgIpc) is 3.77. The van der Waals surface area contributed by atoms with E-state index >= 15 is 0 Å². The first-order chi connectivity index (χ1) is 25.1. The topological polar surface area (TPSA) is 180 Å². The zero-order valence-corrected chi connectivity index (χ0v) is 32.2. The van der Waals surface area contributed by atoms with Gasteiger partial charge in [-0.1, -0.05) is 100 Å². The van der Waals surface area contributed by atoms with Crippen LogP contribution in [0.4, 0.5) is 0 Å². The Kier molecular flexibility index (Phi) is 15.5. The predicted octanol–water partition coefficient (Wildman–Crippen LogP) is 5.98. The summed E-state index contributed by atoms with van der Waals surface area (Å²) >= 11 is 0. The molecule has 0 radical (unpaired) electrons. The van der Waals surface area contributed by atoms with E-state index in [-0.39, 0.29) is 36.1 Å². The molecular formula is C37H60N6O8S. The Morgan fingerprint density at radius 2 is 1.19 bits per heavy atom. The van der Waals surface area contributed by atoms with Crippen molar-refractivity contribution >= 4 is 22.0 Å². The third kappa shape index (κ3) is 12.1. The number of hydrogen-bond donors (Lipinski definition) is 1. The van der Waals surface area contributed by atoms with Crippen LogP contribution < -0.4 is 5.32 Å². The molecule has 6 rings (SSSR count). The van der Waals surface area contributed by atoms with Crippen LogP contribution in [0, 0.1) is 11.8 Å². The summed E-state index contributed by atoms with van der Waals surface area (Å²) in [6, 6.07) is 0. The molecule has 0 amide bonds. The number of hydrogen-bond acceptors (Lipinski definition) is 13. The van der Waals surface area contributed by atoms with Crippen LogP contribution in [0.3, 0.4) is 0 Å². The van der Waals surface area contributed by atoms with Gasteiger partial charge in [0.1, 0.15) is 0 Å². The first-order valence-electron chi connectivity index (χ1n) is 19.6. The molecular weight excluding hydrogens is 689 g/mol. The number of carbonyl (C=O) groups excluding carboxylic acids is 2. The second kappa shape index (κ2) is 20.0. The van der Waals surface area contributed by atoms with Crippen molar-refractivity contribution in [2.75, 3.05) is 46.7 Å². The number of rotatable bonds is 17. The molecule has 1 N–H and O–H groups in total. The highest BCUT2D eigenvalue weighted by Crippen LogP contribution is 2.34. The van der Waals surface area contributed by atoms with Gasteiger partial charge >= 0.3 is 11.9 Å². The van der Waals surface area contributed by atoms with Crippen molar-refractivity contribution in [3.63, 3.8) is 0 Å². The van der Waals surface area contributed by atoms with Gasteiger partial charge < -0.3 is 23.8 Å². The first-order valence-corrected chi connectivity index (χ1v) is 21.4. The van der Waals surface area contributed by atoms with Crippen LogP contribution in [0.1, 0.15) is 163 Å². The minimum Gasteiger partial charge on any atom is -0.469 e. The standard InChI is InChI=1S/C19H31N3O5S.C18H29N3O3/c1-26-17(23)11-15(10-6-9-14-7-4-3-5-8-14)19-20-18(21-27-19)16-12-22(13-16)28(2,24)25;1-23-16(22)10-14(9-5-8-13-6-3-2-4-7-13)18-20-17(21-24-18)15-11-19-12-15/h14-16H,3-13H2,1-2H3;13-15,19H,2-12H2,1H3/t15-;14-/m11/s1. The number of nitrogens with zero attached hydrogens (tertiary/aromatic N) is 5. The Bertz CT molecular complexity index is 1490. The van der Waals surface area contributed by atoms with E-state index in [1.54, 1.807) is 0 Å². The normalized spacial score (nSPS) is 20.6. The van der Waals surface area contributed by atoms with E-state index < -0.39 is 10.0 Å². The van der Waals surface area contributed by atoms with Crippen molar-refractivity contribution in [3.05, 3.63) is 23.4 Å². The maximum Gasteiger partial charge on any atom is 0.306 e. The average molecular weight is 749 g/mol. The first kappa shape index (κ1) is 40.3. The fraction of sp³-hybridized carbons (Fsp3) is 0.838. The van der Waals surface area contributed by atoms with E-state index in [4.69, 9.17) is 18.5 Å². The zero-order valence-electron chi connectivity index (χ0n) is 31.4. The van der Waals surface area contributed by atoms with Crippen molar-refractivity contribution in [1.29, 1.82) is 0 Å². The summed E-state index contributed by atoms with van der Waals surface area (Å²) in [5.41, 5.74) is 0. The monoisotopic (exact) mass is 748 g/mol.